The van der Waals surface area contributed by atoms with Crippen LogP contribution in [0.25, 0.3) is 0 Å². The molecule has 1 aromatic rings. The highest BCUT2D eigenvalue weighted by Crippen LogP contribution is 2.06. The van der Waals surface area contributed by atoms with E-state index in [2.05, 4.69) is 15.6 Å². The maximum absolute atomic E-state index is 11.0. The number of aliphatic imine (C=N–C) groups is 1. The molecular weight excluding hydrogens is 280 g/mol. The van der Waals surface area contributed by atoms with E-state index in [1.165, 1.54) is 0 Å². The summed E-state index contributed by atoms with van der Waals surface area (Å²) < 4.78 is 5.38. The number of hydrogen-bond donors (Lipinski definition) is 3. The second-order valence-corrected chi connectivity index (χ2v) is 5.57. The molecule has 0 unspecified atom stereocenters. The summed E-state index contributed by atoms with van der Waals surface area (Å²) in [6, 6.07) is 7.13. The van der Waals surface area contributed by atoms with Gasteiger partial charge in [-0.05, 0) is 38.5 Å². The fourth-order valence-corrected chi connectivity index (χ4v) is 1.66. The Hall–Kier alpha value is -2.08. The molecule has 0 aliphatic carbocycles. The molecule has 1 amide bonds. The molecule has 1 aromatic carbocycles. The second-order valence-electron chi connectivity index (χ2n) is 5.57. The quantitative estimate of drug-likeness (QED) is 0.523. The molecule has 0 atom stereocenters. The van der Waals surface area contributed by atoms with E-state index in [9.17, 15) is 4.79 Å². The van der Waals surface area contributed by atoms with Crippen molar-refractivity contribution in [2.45, 2.75) is 32.9 Å². The Morgan fingerprint density at radius 2 is 1.91 bits per heavy atom. The van der Waals surface area contributed by atoms with Gasteiger partial charge in [-0.3, -0.25) is 4.79 Å². The van der Waals surface area contributed by atoms with Crippen molar-refractivity contribution in [3.8, 4) is 0 Å². The fraction of sp³-hybridized carbons (Fsp3) is 0.500. The molecule has 4 N–H and O–H groups in total. The lowest BCUT2D eigenvalue weighted by atomic mass is 10.1. The summed E-state index contributed by atoms with van der Waals surface area (Å²) in [6.45, 7) is 7.97. The van der Waals surface area contributed by atoms with Crippen molar-refractivity contribution >= 4 is 11.9 Å². The van der Waals surface area contributed by atoms with Gasteiger partial charge < -0.3 is 21.1 Å². The van der Waals surface area contributed by atoms with Gasteiger partial charge in [-0.15, -0.1) is 0 Å². The molecule has 0 spiro atoms. The summed E-state index contributed by atoms with van der Waals surface area (Å²) in [7, 11) is 1.69. The number of rotatable bonds is 7. The van der Waals surface area contributed by atoms with Crippen LogP contribution in [0.4, 0.5) is 0 Å². The number of nitrogens with zero attached hydrogens (tertiary/aromatic N) is 1. The normalized spacial score (nSPS) is 12.1. The first-order valence-electron chi connectivity index (χ1n) is 7.34. The number of guanidine groups is 1. The minimum atomic E-state index is -0.424. The summed E-state index contributed by atoms with van der Waals surface area (Å²) in [4.78, 5) is 15.6. The SMILES string of the molecule is CCNC(=NCc1ccc(C(N)=O)cc1)NCC(C)(C)OC. The largest absolute Gasteiger partial charge is 0.377 e. The summed E-state index contributed by atoms with van der Waals surface area (Å²) in [5.41, 5.74) is 6.46. The summed E-state index contributed by atoms with van der Waals surface area (Å²) in [5.74, 6) is 0.304. The standard InChI is InChI=1S/C16H26N4O2/c1-5-18-15(20-11-16(2,3)22-4)19-10-12-6-8-13(9-7-12)14(17)21/h6-9H,5,10-11H2,1-4H3,(H2,17,21)(H2,18,19,20). The van der Waals surface area contributed by atoms with Crippen molar-refractivity contribution in [1.29, 1.82) is 0 Å². The molecule has 0 bridgehead atoms. The van der Waals surface area contributed by atoms with Crippen molar-refractivity contribution < 1.29 is 9.53 Å². The van der Waals surface area contributed by atoms with Crippen LogP contribution in [-0.4, -0.2) is 37.7 Å². The lowest BCUT2D eigenvalue weighted by Gasteiger charge is -2.24. The van der Waals surface area contributed by atoms with E-state index < -0.39 is 5.91 Å². The highest BCUT2D eigenvalue weighted by atomic mass is 16.5. The zero-order valence-electron chi connectivity index (χ0n) is 13.8. The minimum absolute atomic E-state index is 0.265. The highest BCUT2D eigenvalue weighted by molar-refractivity contribution is 5.92. The van der Waals surface area contributed by atoms with E-state index in [0.29, 0.717) is 18.7 Å². The number of benzene rings is 1. The minimum Gasteiger partial charge on any atom is -0.377 e. The van der Waals surface area contributed by atoms with Gasteiger partial charge in [-0.1, -0.05) is 12.1 Å². The van der Waals surface area contributed by atoms with Crippen LogP contribution in [0, 0.1) is 0 Å². The predicted molar refractivity (Wildman–Crippen MR) is 88.9 cm³/mol. The molecule has 0 fully saturated rings. The zero-order chi connectivity index (χ0) is 16.6. The van der Waals surface area contributed by atoms with Crippen molar-refractivity contribution in [3.05, 3.63) is 35.4 Å². The fourth-order valence-electron chi connectivity index (χ4n) is 1.66. The Morgan fingerprint density at radius 1 is 1.27 bits per heavy atom. The van der Waals surface area contributed by atoms with E-state index in [1.54, 1.807) is 19.2 Å². The first-order valence-corrected chi connectivity index (χ1v) is 7.34. The molecule has 0 heterocycles. The van der Waals surface area contributed by atoms with Gasteiger partial charge in [-0.2, -0.15) is 0 Å². The molecule has 122 valence electrons. The van der Waals surface area contributed by atoms with Crippen molar-refractivity contribution in [2.75, 3.05) is 20.2 Å². The summed E-state index contributed by atoms with van der Waals surface area (Å²) >= 11 is 0. The first kappa shape index (κ1) is 18.0. The van der Waals surface area contributed by atoms with E-state index in [4.69, 9.17) is 10.5 Å². The van der Waals surface area contributed by atoms with Gasteiger partial charge in [0, 0.05) is 25.8 Å². The third kappa shape index (κ3) is 6.13. The van der Waals surface area contributed by atoms with Crippen molar-refractivity contribution in [3.63, 3.8) is 0 Å². The number of nitrogens with one attached hydrogen (secondary N) is 2. The van der Waals surface area contributed by atoms with Gasteiger partial charge >= 0.3 is 0 Å². The second kappa shape index (κ2) is 8.38. The van der Waals surface area contributed by atoms with E-state index >= 15 is 0 Å². The Balaban J connectivity index is 2.66. The average molecular weight is 306 g/mol. The maximum atomic E-state index is 11.0. The van der Waals surface area contributed by atoms with Crippen LogP contribution in [0.15, 0.2) is 29.3 Å². The number of carbonyl (C=O) groups is 1. The number of hydrogen-bond acceptors (Lipinski definition) is 3. The number of nitrogens with two attached hydrogens (primary N) is 1. The smallest absolute Gasteiger partial charge is 0.248 e. The monoisotopic (exact) mass is 306 g/mol. The Morgan fingerprint density at radius 3 is 2.41 bits per heavy atom. The van der Waals surface area contributed by atoms with Gasteiger partial charge in [0.25, 0.3) is 0 Å². The topological polar surface area (TPSA) is 88.7 Å². The van der Waals surface area contributed by atoms with Gasteiger partial charge in [0.1, 0.15) is 0 Å². The maximum Gasteiger partial charge on any atom is 0.248 e. The molecule has 0 saturated heterocycles. The molecular formula is C16H26N4O2. The summed E-state index contributed by atoms with van der Waals surface area (Å²) in [6.07, 6.45) is 0. The Bertz CT molecular complexity index is 509. The number of methoxy groups -OCH3 is 1. The van der Waals surface area contributed by atoms with Crippen LogP contribution >= 0.6 is 0 Å². The van der Waals surface area contributed by atoms with Crippen LogP contribution < -0.4 is 16.4 Å². The number of carbonyl (C=O) groups excluding carboxylic acids is 1. The van der Waals surface area contributed by atoms with Crippen molar-refractivity contribution in [1.82, 2.24) is 10.6 Å². The number of amides is 1. The predicted octanol–water partition coefficient (Wildman–Crippen LogP) is 1.27. The molecule has 22 heavy (non-hydrogen) atoms. The molecule has 0 radical (unpaired) electrons. The van der Waals surface area contributed by atoms with Gasteiger partial charge in [0.15, 0.2) is 5.96 Å². The van der Waals surface area contributed by atoms with Crippen molar-refractivity contribution in [2.24, 2.45) is 10.7 Å². The van der Waals surface area contributed by atoms with Crippen LogP contribution in [-0.2, 0) is 11.3 Å². The molecule has 1 rings (SSSR count). The molecule has 6 nitrogen and oxygen atoms in total. The van der Waals surface area contributed by atoms with E-state index in [0.717, 1.165) is 18.1 Å². The first-order chi connectivity index (χ1) is 10.4. The third-order valence-corrected chi connectivity index (χ3v) is 3.24. The molecule has 0 saturated carbocycles. The molecule has 0 aliphatic heterocycles. The van der Waals surface area contributed by atoms with Crippen LogP contribution in [0.5, 0.6) is 0 Å². The van der Waals surface area contributed by atoms with Crippen LogP contribution in [0.1, 0.15) is 36.7 Å². The zero-order valence-corrected chi connectivity index (χ0v) is 13.8. The summed E-state index contributed by atoms with van der Waals surface area (Å²) in [5, 5.41) is 6.44. The number of ether oxygens (including phenoxy) is 1. The lowest BCUT2D eigenvalue weighted by molar-refractivity contribution is 0.0268. The molecule has 0 aromatic heterocycles. The molecule has 0 aliphatic rings. The van der Waals surface area contributed by atoms with Crippen LogP contribution in [0.2, 0.25) is 0 Å². The van der Waals surface area contributed by atoms with Crippen LogP contribution in [0.3, 0.4) is 0 Å². The Kier molecular flexibility index (Phi) is 6.85. The highest BCUT2D eigenvalue weighted by Gasteiger charge is 2.16. The lowest BCUT2D eigenvalue weighted by Crippen LogP contribution is -2.45. The van der Waals surface area contributed by atoms with Gasteiger partial charge in [0.05, 0.1) is 12.1 Å². The third-order valence-electron chi connectivity index (χ3n) is 3.24. The van der Waals surface area contributed by atoms with E-state index in [1.807, 2.05) is 32.9 Å². The van der Waals surface area contributed by atoms with Gasteiger partial charge in [0.2, 0.25) is 5.91 Å². The average Bonchev–Trinajstić information content (AvgIpc) is 2.50. The van der Waals surface area contributed by atoms with E-state index in [-0.39, 0.29) is 5.60 Å². The van der Waals surface area contributed by atoms with Gasteiger partial charge in [-0.25, -0.2) is 4.99 Å². The number of primary amides is 1. The molecule has 6 heteroatoms. The Labute approximate surface area is 132 Å².